The lowest BCUT2D eigenvalue weighted by atomic mass is 10.0. The van der Waals surface area contributed by atoms with Crippen molar-refractivity contribution in [3.63, 3.8) is 0 Å². The highest BCUT2D eigenvalue weighted by molar-refractivity contribution is 5.99. The maximum Gasteiger partial charge on any atom is 0.164 e. The van der Waals surface area contributed by atoms with Gasteiger partial charge in [-0.3, -0.25) is 9.69 Å². The molecule has 4 nitrogen and oxygen atoms in total. The van der Waals surface area contributed by atoms with Gasteiger partial charge in [0.25, 0.3) is 0 Å². The molecule has 0 bridgehead atoms. The molecule has 1 N–H and O–H groups in total. The first kappa shape index (κ1) is 18.4. The third kappa shape index (κ3) is 4.05. The number of nitrogens with one attached hydrogen (secondary N) is 1. The molecular weight excluding hydrogens is 331 g/mol. The van der Waals surface area contributed by atoms with Crippen LogP contribution in [0.2, 0.25) is 0 Å². The highest BCUT2D eigenvalue weighted by Crippen LogP contribution is 2.28. The summed E-state index contributed by atoms with van der Waals surface area (Å²) in [6, 6.07) is 12.9. The van der Waals surface area contributed by atoms with Gasteiger partial charge in [0.1, 0.15) is 11.6 Å². The minimum Gasteiger partial charge on any atom is -0.497 e. The van der Waals surface area contributed by atoms with Crippen LogP contribution in [0.4, 0.5) is 10.1 Å². The van der Waals surface area contributed by atoms with Crippen LogP contribution in [0.5, 0.6) is 5.75 Å². The minimum absolute atomic E-state index is 0.127. The zero-order chi connectivity index (χ0) is 18.5. The molecule has 1 aliphatic rings. The van der Waals surface area contributed by atoms with Crippen molar-refractivity contribution in [2.75, 3.05) is 32.1 Å². The van der Waals surface area contributed by atoms with Crippen LogP contribution in [0.1, 0.15) is 41.7 Å². The van der Waals surface area contributed by atoms with Gasteiger partial charge in [0.05, 0.1) is 18.7 Å². The van der Waals surface area contributed by atoms with Gasteiger partial charge in [-0.05, 0) is 62.7 Å². The predicted molar refractivity (Wildman–Crippen MR) is 101 cm³/mol. The first-order valence-corrected chi connectivity index (χ1v) is 9.01. The van der Waals surface area contributed by atoms with Crippen LogP contribution in [0.15, 0.2) is 42.5 Å². The number of nitrogens with zero attached hydrogens (tertiary/aromatic N) is 1. The first-order valence-electron chi connectivity index (χ1n) is 9.01. The van der Waals surface area contributed by atoms with E-state index in [1.54, 1.807) is 19.2 Å². The molecule has 1 aliphatic heterocycles. The summed E-state index contributed by atoms with van der Waals surface area (Å²) in [7, 11) is 1.65. The second kappa shape index (κ2) is 8.32. The van der Waals surface area contributed by atoms with Gasteiger partial charge in [-0.25, -0.2) is 4.39 Å². The highest BCUT2D eigenvalue weighted by atomic mass is 19.1. The Kier molecular flexibility index (Phi) is 5.89. The summed E-state index contributed by atoms with van der Waals surface area (Å²) >= 11 is 0. The average Bonchev–Trinajstić information content (AvgIpc) is 3.16. The Morgan fingerprint density at radius 3 is 2.50 bits per heavy atom. The van der Waals surface area contributed by atoms with Gasteiger partial charge >= 0.3 is 0 Å². The van der Waals surface area contributed by atoms with Crippen LogP contribution < -0.4 is 10.1 Å². The molecule has 1 heterocycles. The van der Waals surface area contributed by atoms with E-state index < -0.39 is 5.82 Å². The second-order valence-corrected chi connectivity index (χ2v) is 6.63. The van der Waals surface area contributed by atoms with E-state index >= 15 is 0 Å². The number of halogens is 1. The molecule has 2 aromatic rings. The lowest BCUT2D eigenvalue weighted by Gasteiger charge is -2.29. The Hall–Kier alpha value is -2.40. The molecule has 0 spiro atoms. The summed E-state index contributed by atoms with van der Waals surface area (Å²) in [6.07, 6.45) is 2.37. The fourth-order valence-electron chi connectivity index (χ4n) is 3.57. The van der Waals surface area contributed by atoms with Crippen molar-refractivity contribution in [1.82, 2.24) is 4.90 Å². The van der Waals surface area contributed by atoms with Crippen LogP contribution in [0.3, 0.4) is 0 Å². The van der Waals surface area contributed by atoms with Crippen molar-refractivity contribution < 1.29 is 13.9 Å². The van der Waals surface area contributed by atoms with Gasteiger partial charge in [0, 0.05) is 12.2 Å². The number of methoxy groups -OCH3 is 1. The minimum atomic E-state index is -0.482. The Morgan fingerprint density at radius 2 is 1.88 bits per heavy atom. The number of carbonyl (C=O) groups excluding carboxylic acids is 1. The number of ether oxygens (including phenoxy) is 1. The van der Waals surface area contributed by atoms with Crippen LogP contribution in [-0.4, -0.2) is 37.4 Å². The lowest BCUT2D eigenvalue weighted by molar-refractivity contribution is 0.101. The summed E-state index contributed by atoms with van der Waals surface area (Å²) in [6.45, 7) is 4.09. The maximum absolute atomic E-state index is 14.0. The number of carbonyl (C=O) groups is 1. The molecule has 26 heavy (non-hydrogen) atoms. The van der Waals surface area contributed by atoms with E-state index in [0.29, 0.717) is 12.2 Å². The van der Waals surface area contributed by atoms with E-state index in [1.165, 1.54) is 31.4 Å². The monoisotopic (exact) mass is 356 g/mol. The lowest BCUT2D eigenvalue weighted by Crippen LogP contribution is -2.31. The molecule has 3 rings (SSSR count). The number of Topliss-reactive ketones (excluding diaryl/α,β-unsaturated/α-hetero) is 1. The van der Waals surface area contributed by atoms with E-state index in [0.717, 1.165) is 18.8 Å². The molecule has 0 saturated carbocycles. The smallest absolute Gasteiger partial charge is 0.164 e. The summed E-state index contributed by atoms with van der Waals surface area (Å²) < 4.78 is 19.3. The number of rotatable bonds is 7. The molecule has 1 unspecified atom stereocenters. The van der Waals surface area contributed by atoms with E-state index in [2.05, 4.69) is 22.3 Å². The number of ketones is 1. The molecule has 0 radical (unpaired) electrons. The number of hydrogen-bond acceptors (Lipinski definition) is 4. The molecule has 1 fully saturated rings. The van der Waals surface area contributed by atoms with Crippen molar-refractivity contribution in [3.05, 3.63) is 59.4 Å². The van der Waals surface area contributed by atoms with E-state index in [1.807, 2.05) is 12.1 Å². The molecule has 0 amide bonds. The van der Waals surface area contributed by atoms with Gasteiger partial charge < -0.3 is 10.1 Å². The Balaban J connectivity index is 1.82. The van der Waals surface area contributed by atoms with Crippen molar-refractivity contribution in [2.24, 2.45) is 0 Å². The zero-order valence-electron chi connectivity index (χ0n) is 15.3. The summed E-state index contributed by atoms with van der Waals surface area (Å²) in [5, 5.41) is 3.31. The van der Waals surface area contributed by atoms with Crippen LogP contribution in [-0.2, 0) is 0 Å². The molecule has 1 saturated heterocycles. The largest absolute Gasteiger partial charge is 0.497 e. The Labute approximate surface area is 154 Å². The first-order chi connectivity index (χ1) is 12.6. The summed E-state index contributed by atoms with van der Waals surface area (Å²) in [4.78, 5) is 14.3. The Morgan fingerprint density at radius 1 is 1.19 bits per heavy atom. The topological polar surface area (TPSA) is 41.6 Å². The standard InChI is InChI=1S/C21H25FN2O2/c1-15(25)21-18(22)6-5-7-19(21)23-14-20(24-12-3-4-13-24)16-8-10-17(26-2)11-9-16/h5-11,20,23H,3-4,12-14H2,1-2H3. The molecule has 138 valence electrons. The van der Waals surface area contributed by atoms with Gasteiger partial charge in [-0.1, -0.05) is 18.2 Å². The third-order valence-electron chi connectivity index (χ3n) is 4.93. The fraction of sp³-hybridized carbons (Fsp3) is 0.381. The van der Waals surface area contributed by atoms with Gasteiger partial charge in [-0.15, -0.1) is 0 Å². The summed E-state index contributed by atoms with van der Waals surface area (Å²) in [5.41, 5.74) is 1.86. The second-order valence-electron chi connectivity index (χ2n) is 6.63. The number of benzene rings is 2. The van der Waals surface area contributed by atoms with Crippen LogP contribution >= 0.6 is 0 Å². The normalized spacial score (nSPS) is 15.7. The van der Waals surface area contributed by atoms with Crippen molar-refractivity contribution in [1.29, 1.82) is 0 Å². The molecule has 0 aliphatic carbocycles. The van der Waals surface area contributed by atoms with Crippen LogP contribution in [0.25, 0.3) is 0 Å². The third-order valence-corrected chi connectivity index (χ3v) is 4.93. The number of likely N-dealkylation sites (tertiary alicyclic amines) is 1. The van der Waals surface area contributed by atoms with Gasteiger partial charge in [0.2, 0.25) is 0 Å². The van der Waals surface area contributed by atoms with Crippen molar-refractivity contribution in [3.8, 4) is 5.75 Å². The average molecular weight is 356 g/mol. The quantitative estimate of drug-likeness (QED) is 0.752. The highest BCUT2D eigenvalue weighted by Gasteiger charge is 2.24. The van der Waals surface area contributed by atoms with E-state index in [-0.39, 0.29) is 17.4 Å². The molecule has 0 aromatic heterocycles. The number of anilines is 1. The number of hydrogen-bond donors (Lipinski definition) is 1. The maximum atomic E-state index is 14.0. The van der Waals surface area contributed by atoms with Crippen LogP contribution in [0, 0.1) is 5.82 Å². The fourth-order valence-corrected chi connectivity index (χ4v) is 3.57. The zero-order valence-corrected chi connectivity index (χ0v) is 15.3. The van der Waals surface area contributed by atoms with Gasteiger partial charge in [0.15, 0.2) is 5.78 Å². The molecule has 2 aromatic carbocycles. The molecular formula is C21H25FN2O2. The van der Waals surface area contributed by atoms with Crippen molar-refractivity contribution >= 4 is 11.5 Å². The van der Waals surface area contributed by atoms with Gasteiger partial charge in [-0.2, -0.15) is 0 Å². The van der Waals surface area contributed by atoms with E-state index in [9.17, 15) is 9.18 Å². The summed E-state index contributed by atoms with van der Waals surface area (Å²) in [5.74, 6) is 0.0725. The molecule has 1 atom stereocenters. The van der Waals surface area contributed by atoms with E-state index in [4.69, 9.17) is 4.74 Å². The SMILES string of the molecule is COc1ccc(C(CNc2cccc(F)c2C(C)=O)N2CCCC2)cc1. The predicted octanol–water partition coefficient (Wildman–Crippen LogP) is 4.29. The molecule has 5 heteroatoms. The van der Waals surface area contributed by atoms with Crippen molar-refractivity contribution in [2.45, 2.75) is 25.8 Å². The Bertz CT molecular complexity index is 755.